The zero-order chi connectivity index (χ0) is 12.5. The molecule has 0 aliphatic heterocycles. The second-order valence-corrected chi connectivity index (χ2v) is 5.84. The van der Waals surface area contributed by atoms with Gasteiger partial charge in [0, 0.05) is 16.8 Å². The molecular weight excluding hydrogens is 264 g/mol. The van der Waals surface area contributed by atoms with Crippen LogP contribution in [0.3, 0.4) is 0 Å². The maximum atomic E-state index is 5.94. The van der Waals surface area contributed by atoms with Crippen molar-refractivity contribution in [2.75, 3.05) is 5.32 Å². The number of hydrogen-bond donors (Lipinski definition) is 2. The van der Waals surface area contributed by atoms with Crippen LogP contribution >= 0.6 is 23.8 Å². The molecule has 3 atom stereocenters. The van der Waals surface area contributed by atoms with E-state index >= 15 is 0 Å². The summed E-state index contributed by atoms with van der Waals surface area (Å²) < 4.78 is 0. The van der Waals surface area contributed by atoms with Crippen molar-refractivity contribution in [3.8, 4) is 0 Å². The van der Waals surface area contributed by atoms with Crippen LogP contribution in [0.4, 0.5) is 5.69 Å². The third-order valence-corrected chi connectivity index (χ3v) is 4.13. The van der Waals surface area contributed by atoms with Gasteiger partial charge in [0.25, 0.3) is 0 Å². The summed E-state index contributed by atoms with van der Waals surface area (Å²) in [6.45, 7) is 0. The Kier molecular flexibility index (Phi) is 3.27. The van der Waals surface area contributed by atoms with Gasteiger partial charge in [-0.3, -0.25) is 0 Å². The van der Waals surface area contributed by atoms with Crippen molar-refractivity contribution in [3.05, 3.63) is 41.4 Å². The number of nitrogens with one attached hydrogen (secondary N) is 2. The minimum absolute atomic E-state index is 0.485. The van der Waals surface area contributed by atoms with Crippen molar-refractivity contribution in [1.29, 1.82) is 0 Å². The summed E-state index contributed by atoms with van der Waals surface area (Å²) in [5.41, 5.74) is 0.929. The van der Waals surface area contributed by atoms with E-state index in [9.17, 15) is 0 Å². The molecule has 0 spiro atoms. The van der Waals surface area contributed by atoms with Crippen LogP contribution in [0.25, 0.3) is 0 Å². The van der Waals surface area contributed by atoms with E-state index in [-0.39, 0.29) is 0 Å². The van der Waals surface area contributed by atoms with E-state index in [1.165, 1.54) is 12.8 Å². The lowest BCUT2D eigenvalue weighted by molar-refractivity contribution is 0.526. The van der Waals surface area contributed by atoms with Gasteiger partial charge in [-0.25, -0.2) is 0 Å². The van der Waals surface area contributed by atoms with Gasteiger partial charge < -0.3 is 10.6 Å². The van der Waals surface area contributed by atoms with E-state index in [1.807, 2.05) is 24.3 Å². The minimum Gasteiger partial charge on any atom is -0.359 e. The van der Waals surface area contributed by atoms with Crippen LogP contribution < -0.4 is 10.6 Å². The first-order valence-corrected chi connectivity index (χ1v) is 7.01. The van der Waals surface area contributed by atoms with Crippen LogP contribution in [0, 0.1) is 11.8 Å². The number of benzene rings is 1. The lowest BCUT2D eigenvalue weighted by atomic mass is 10.0. The largest absolute Gasteiger partial charge is 0.359 e. The maximum absolute atomic E-state index is 5.94. The topological polar surface area (TPSA) is 24.1 Å². The van der Waals surface area contributed by atoms with Crippen molar-refractivity contribution < 1.29 is 0 Å². The maximum Gasteiger partial charge on any atom is 0.171 e. The SMILES string of the molecule is S=C(Nc1cccc(Cl)c1)NC1CC2C=CC1C2. The summed E-state index contributed by atoms with van der Waals surface area (Å²) in [6, 6.07) is 8.08. The Morgan fingerprint density at radius 3 is 2.83 bits per heavy atom. The van der Waals surface area contributed by atoms with Gasteiger partial charge in [0.1, 0.15) is 0 Å². The number of anilines is 1. The summed E-state index contributed by atoms with van der Waals surface area (Å²) in [6.07, 6.45) is 7.11. The quantitative estimate of drug-likeness (QED) is 0.639. The summed E-state index contributed by atoms with van der Waals surface area (Å²) in [5.74, 6) is 1.40. The third kappa shape index (κ3) is 2.52. The van der Waals surface area contributed by atoms with Gasteiger partial charge in [0.05, 0.1) is 0 Å². The van der Waals surface area contributed by atoms with Crippen molar-refractivity contribution in [1.82, 2.24) is 5.32 Å². The molecule has 3 unspecified atom stereocenters. The van der Waals surface area contributed by atoms with Gasteiger partial charge in [-0.2, -0.15) is 0 Å². The van der Waals surface area contributed by atoms with E-state index in [0.717, 1.165) is 11.6 Å². The van der Waals surface area contributed by atoms with Gasteiger partial charge in [0.15, 0.2) is 5.11 Å². The number of rotatable bonds is 2. The zero-order valence-corrected chi connectivity index (χ0v) is 11.5. The zero-order valence-electron chi connectivity index (χ0n) is 9.90. The molecule has 0 amide bonds. The van der Waals surface area contributed by atoms with E-state index in [0.29, 0.717) is 22.1 Å². The molecule has 1 aromatic carbocycles. The average molecular weight is 279 g/mol. The second-order valence-electron chi connectivity index (χ2n) is 5.00. The molecule has 2 aliphatic carbocycles. The fourth-order valence-electron chi connectivity index (χ4n) is 2.85. The van der Waals surface area contributed by atoms with Crippen molar-refractivity contribution >= 4 is 34.6 Å². The molecular formula is C14H15ClN2S. The summed E-state index contributed by atoms with van der Waals surface area (Å²) in [5, 5.41) is 7.98. The standard InChI is InChI=1S/C14H15ClN2S/c15-11-2-1-3-12(8-11)16-14(18)17-13-7-9-4-5-10(13)6-9/h1-5,8-10,13H,6-7H2,(H2,16,17,18). The van der Waals surface area contributed by atoms with E-state index in [4.69, 9.17) is 23.8 Å². The van der Waals surface area contributed by atoms with Crippen molar-refractivity contribution in [2.24, 2.45) is 11.8 Å². The van der Waals surface area contributed by atoms with Gasteiger partial charge >= 0.3 is 0 Å². The first kappa shape index (κ1) is 12.0. The highest BCUT2D eigenvalue weighted by atomic mass is 35.5. The lowest BCUT2D eigenvalue weighted by Gasteiger charge is -2.21. The molecule has 0 radical (unpaired) electrons. The molecule has 3 rings (SSSR count). The van der Waals surface area contributed by atoms with Crippen molar-refractivity contribution in [2.45, 2.75) is 18.9 Å². The van der Waals surface area contributed by atoms with E-state index in [2.05, 4.69) is 22.8 Å². The molecule has 94 valence electrons. The summed E-state index contributed by atoms with van der Waals surface area (Å²) >= 11 is 11.3. The molecule has 0 saturated heterocycles. The highest BCUT2D eigenvalue weighted by Crippen LogP contribution is 2.38. The lowest BCUT2D eigenvalue weighted by Crippen LogP contribution is -2.40. The molecule has 4 heteroatoms. The van der Waals surface area contributed by atoms with Crippen LogP contribution in [0.2, 0.25) is 5.02 Å². The van der Waals surface area contributed by atoms with Crippen LogP contribution in [0.15, 0.2) is 36.4 Å². The normalized spacial score (nSPS) is 28.4. The van der Waals surface area contributed by atoms with Crippen LogP contribution in [0.5, 0.6) is 0 Å². The number of thiocarbonyl (C=S) groups is 1. The molecule has 1 saturated carbocycles. The average Bonchev–Trinajstić information content (AvgIpc) is 2.90. The Morgan fingerprint density at radius 1 is 1.28 bits per heavy atom. The Hall–Kier alpha value is -1.06. The minimum atomic E-state index is 0.485. The van der Waals surface area contributed by atoms with Crippen LogP contribution in [0.1, 0.15) is 12.8 Å². The molecule has 0 aromatic heterocycles. The number of fused-ring (bicyclic) bond motifs is 2. The third-order valence-electron chi connectivity index (χ3n) is 3.68. The highest BCUT2D eigenvalue weighted by molar-refractivity contribution is 7.80. The van der Waals surface area contributed by atoms with Crippen LogP contribution in [-0.4, -0.2) is 11.2 Å². The monoisotopic (exact) mass is 278 g/mol. The predicted octanol–water partition coefficient (Wildman–Crippen LogP) is 3.59. The second kappa shape index (κ2) is 4.90. The van der Waals surface area contributed by atoms with Gasteiger partial charge in [0.2, 0.25) is 0 Å². The highest BCUT2D eigenvalue weighted by Gasteiger charge is 2.35. The van der Waals surface area contributed by atoms with E-state index < -0.39 is 0 Å². The smallest absolute Gasteiger partial charge is 0.171 e. The molecule has 0 heterocycles. The van der Waals surface area contributed by atoms with Gasteiger partial charge in [-0.15, -0.1) is 0 Å². The first-order chi connectivity index (χ1) is 8.70. The number of allylic oxidation sites excluding steroid dienone is 1. The van der Waals surface area contributed by atoms with Gasteiger partial charge in [-0.1, -0.05) is 29.8 Å². The molecule has 1 fully saturated rings. The van der Waals surface area contributed by atoms with Crippen LogP contribution in [-0.2, 0) is 0 Å². The Balaban J connectivity index is 1.58. The Bertz CT molecular complexity index is 500. The number of halogens is 1. The van der Waals surface area contributed by atoms with Crippen molar-refractivity contribution in [3.63, 3.8) is 0 Å². The number of hydrogen-bond acceptors (Lipinski definition) is 1. The molecule has 2 nitrogen and oxygen atoms in total. The predicted molar refractivity (Wildman–Crippen MR) is 80.0 cm³/mol. The van der Waals surface area contributed by atoms with E-state index in [1.54, 1.807) is 0 Å². The molecule has 1 aromatic rings. The first-order valence-electron chi connectivity index (χ1n) is 6.22. The Labute approximate surface area is 117 Å². The summed E-state index contributed by atoms with van der Waals surface area (Å²) in [7, 11) is 0. The fourth-order valence-corrected chi connectivity index (χ4v) is 3.31. The molecule has 18 heavy (non-hydrogen) atoms. The molecule has 2 N–H and O–H groups in total. The fraction of sp³-hybridized carbons (Fsp3) is 0.357. The molecule has 2 aliphatic rings. The molecule has 2 bridgehead atoms. The Morgan fingerprint density at radius 2 is 2.17 bits per heavy atom. The van der Waals surface area contributed by atoms with Gasteiger partial charge in [-0.05, 0) is 55.1 Å². The summed E-state index contributed by atoms with van der Waals surface area (Å²) in [4.78, 5) is 0.